The molecule has 0 spiro atoms. The molecule has 0 atom stereocenters. The summed E-state index contributed by atoms with van der Waals surface area (Å²) in [6, 6.07) is 11.9. The van der Waals surface area contributed by atoms with Crippen LogP contribution in [0.5, 0.6) is 0 Å². The minimum atomic E-state index is -0.850. The van der Waals surface area contributed by atoms with E-state index in [-0.39, 0.29) is 40.7 Å². The number of benzene rings is 2. The Labute approximate surface area is 231 Å². The van der Waals surface area contributed by atoms with Crippen molar-refractivity contribution in [2.24, 2.45) is 0 Å². The van der Waals surface area contributed by atoms with E-state index in [2.05, 4.69) is 15.6 Å². The molecule has 40 heavy (non-hydrogen) atoms. The van der Waals surface area contributed by atoms with E-state index in [9.17, 15) is 23.2 Å². The van der Waals surface area contributed by atoms with E-state index in [4.69, 9.17) is 4.74 Å². The highest BCUT2D eigenvalue weighted by Crippen LogP contribution is 2.36. The van der Waals surface area contributed by atoms with Crippen LogP contribution in [0.3, 0.4) is 0 Å². The number of amides is 3. The Bertz CT molecular complexity index is 1460. The van der Waals surface area contributed by atoms with Crippen molar-refractivity contribution in [2.45, 2.75) is 59.1 Å². The molecular weight excluding hydrogens is 518 g/mol. The summed E-state index contributed by atoms with van der Waals surface area (Å²) in [7, 11) is 0. The lowest BCUT2D eigenvalue weighted by molar-refractivity contribution is -0.125. The summed E-state index contributed by atoms with van der Waals surface area (Å²) in [5.41, 5.74) is -0.213. The fourth-order valence-corrected chi connectivity index (χ4v) is 4.38. The summed E-state index contributed by atoms with van der Waals surface area (Å²) in [4.78, 5) is 44.0. The van der Waals surface area contributed by atoms with Crippen LogP contribution < -0.4 is 10.6 Å². The van der Waals surface area contributed by atoms with Gasteiger partial charge in [-0.2, -0.15) is 0 Å². The monoisotopic (exact) mass is 550 g/mol. The van der Waals surface area contributed by atoms with Gasteiger partial charge >= 0.3 is 6.09 Å². The highest BCUT2D eigenvalue weighted by Gasteiger charge is 2.39. The number of nitrogens with zero attached hydrogens (tertiary/aromatic N) is 2. The van der Waals surface area contributed by atoms with E-state index in [0.717, 1.165) is 22.6 Å². The maximum absolute atomic E-state index is 14.7. The van der Waals surface area contributed by atoms with E-state index >= 15 is 0 Å². The van der Waals surface area contributed by atoms with Gasteiger partial charge in [0, 0.05) is 12.2 Å². The Balaban J connectivity index is 1.75. The van der Waals surface area contributed by atoms with Crippen LogP contribution in [0.4, 0.5) is 25.0 Å². The normalized spacial score (nSPS) is 13.2. The molecule has 0 saturated heterocycles. The van der Waals surface area contributed by atoms with Crippen LogP contribution >= 0.6 is 0 Å². The Hall–Kier alpha value is -4.34. The zero-order valence-corrected chi connectivity index (χ0v) is 23.3. The summed E-state index contributed by atoms with van der Waals surface area (Å²) in [5.74, 6) is -2.40. The number of halogens is 2. The van der Waals surface area contributed by atoms with E-state index in [1.165, 1.54) is 12.1 Å². The quantitative estimate of drug-likeness (QED) is 0.386. The molecule has 0 saturated carbocycles. The largest absolute Gasteiger partial charge is 0.443 e. The number of hydrogen-bond acceptors (Lipinski definition) is 6. The Morgan fingerprint density at radius 1 is 1.00 bits per heavy atom. The zero-order chi connectivity index (χ0) is 29.4. The lowest BCUT2D eigenvalue weighted by Crippen LogP contribution is -2.39. The molecule has 0 bridgehead atoms. The topological polar surface area (TPSA) is 101 Å². The third-order valence-corrected chi connectivity index (χ3v) is 6.48. The minimum absolute atomic E-state index is 0.0373. The number of carbonyl (C=O) groups excluding carboxylic acids is 3. The zero-order valence-electron chi connectivity index (χ0n) is 23.3. The minimum Gasteiger partial charge on any atom is -0.443 e. The Morgan fingerprint density at radius 2 is 1.62 bits per heavy atom. The molecule has 2 heterocycles. The van der Waals surface area contributed by atoms with Gasteiger partial charge in [-0.1, -0.05) is 18.2 Å². The molecule has 1 aliphatic heterocycles. The lowest BCUT2D eigenvalue weighted by atomic mass is 9.83. The fourth-order valence-electron chi connectivity index (χ4n) is 4.38. The third kappa shape index (κ3) is 5.66. The number of carbonyl (C=O) groups is 3. The number of pyridine rings is 1. The van der Waals surface area contributed by atoms with Crippen LogP contribution in [-0.2, 0) is 21.5 Å². The number of likely N-dealkylation sites (N-methyl/N-ethyl adjacent to an activating group) is 1. The SMILES string of the molecule is CCNC(=O)C(C)(C)c1ccc(Nc2cc(-c3c(F)cccc3F)nc3c2C(=O)N(C(=O)OC(C)(C)C)C3)cc1. The number of ether oxygens (including phenoxy) is 1. The van der Waals surface area contributed by atoms with E-state index in [0.29, 0.717) is 12.2 Å². The van der Waals surface area contributed by atoms with Crippen molar-refractivity contribution in [3.63, 3.8) is 0 Å². The molecule has 0 fully saturated rings. The van der Waals surface area contributed by atoms with Crippen molar-refractivity contribution in [2.75, 3.05) is 11.9 Å². The molecule has 2 N–H and O–H groups in total. The van der Waals surface area contributed by atoms with Gasteiger partial charge in [0.2, 0.25) is 5.91 Å². The van der Waals surface area contributed by atoms with Crippen molar-refractivity contribution in [1.82, 2.24) is 15.2 Å². The van der Waals surface area contributed by atoms with E-state index in [1.807, 2.05) is 20.8 Å². The van der Waals surface area contributed by atoms with Crippen molar-refractivity contribution in [3.05, 3.63) is 77.0 Å². The van der Waals surface area contributed by atoms with Gasteiger partial charge in [0.05, 0.1) is 40.2 Å². The van der Waals surface area contributed by atoms with Crippen molar-refractivity contribution in [1.29, 1.82) is 0 Å². The molecule has 0 aliphatic carbocycles. The number of nitrogens with one attached hydrogen (secondary N) is 2. The van der Waals surface area contributed by atoms with Gasteiger partial charge in [0.1, 0.15) is 17.2 Å². The average molecular weight is 551 g/mol. The summed E-state index contributed by atoms with van der Waals surface area (Å²) in [6.07, 6.45) is -0.850. The van der Waals surface area contributed by atoms with Gasteiger partial charge in [-0.05, 0) is 77.4 Å². The lowest BCUT2D eigenvalue weighted by Gasteiger charge is -2.24. The summed E-state index contributed by atoms with van der Waals surface area (Å²) in [6.45, 7) is 10.8. The predicted octanol–water partition coefficient (Wildman–Crippen LogP) is 6.08. The summed E-state index contributed by atoms with van der Waals surface area (Å²) >= 11 is 0. The average Bonchev–Trinajstić information content (AvgIpc) is 3.20. The van der Waals surface area contributed by atoms with Gasteiger partial charge in [0.25, 0.3) is 5.91 Å². The van der Waals surface area contributed by atoms with Crippen LogP contribution in [0.15, 0.2) is 48.5 Å². The fraction of sp³-hybridized carbons (Fsp3) is 0.333. The van der Waals surface area contributed by atoms with Gasteiger partial charge in [-0.15, -0.1) is 0 Å². The maximum atomic E-state index is 14.7. The molecule has 10 heteroatoms. The molecule has 2 aromatic carbocycles. The first-order valence-electron chi connectivity index (χ1n) is 12.9. The standard InChI is InChI=1S/C30H32F2N4O4/c1-7-33-27(38)30(5,6)17-11-13-18(14-12-17)34-22-15-21(24-19(31)9-8-10-20(24)32)35-23-16-36(26(37)25(22)23)28(39)40-29(2,3)4/h8-15H,7,16H2,1-6H3,(H,33,38)(H,34,35). The smallest absolute Gasteiger partial charge is 0.417 e. The van der Waals surface area contributed by atoms with Gasteiger partial charge in [0.15, 0.2) is 0 Å². The number of aromatic nitrogens is 1. The molecule has 1 aliphatic rings. The van der Waals surface area contributed by atoms with Gasteiger partial charge < -0.3 is 15.4 Å². The van der Waals surface area contributed by atoms with E-state index in [1.54, 1.807) is 45.0 Å². The number of fused-ring (bicyclic) bond motifs is 1. The molecule has 3 amide bonds. The van der Waals surface area contributed by atoms with E-state index < -0.39 is 34.7 Å². The number of hydrogen-bond donors (Lipinski definition) is 2. The molecular formula is C30H32F2N4O4. The highest BCUT2D eigenvalue weighted by atomic mass is 19.1. The first-order valence-corrected chi connectivity index (χ1v) is 12.9. The van der Waals surface area contributed by atoms with Crippen LogP contribution in [0.1, 0.15) is 63.2 Å². The van der Waals surface area contributed by atoms with Gasteiger partial charge in [-0.25, -0.2) is 23.5 Å². The second kappa shape index (κ2) is 10.7. The van der Waals surface area contributed by atoms with Crippen LogP contribution in [0.2, 0.25) is 0 Å². The van der Waals surface area contributed by atoms with Crippen LogP contribution in [0.25, 0.3) is 11.3 Å². The van der Waals surface area contributed by atoms with Crippen LogP contribution in [0, 0.1) is 11.6 Å². The van der Waals surface area contributed by atoms with Crippen molar-refractivity contribution >= 4 is 29.3 Å². The molecule has 0 radical (unpaired) electrons. The molecule has 210 valence electrons. The third-order valence-electron chi connectivity index (χ3n) is 6.48. The number of rotatable bonds is 6. The van der Waals surface area contributed by atoms with Crippen molar-refractivity contribution in [3.8, 4) is 11.3 Å². The summed E-state index contributed by atoms with van der Waals surface area (Å²) < 4.78 is 34.8. The Kier molecular flexibility index (Phi) is 7.65. The first kappa shape index (κ1) is 28.7. The second-order valence-electron chi connectivity index (χ2n) is 11.0. The van der Waals surface area contributed by atoms with Crippen molar-refractivity contribution < 1.29 is 27.9 Å². The van der Waals surface area contributed by atoms with Gasteiger partial charge in [-0.3, -0.25) is 9.59 Å². The molecule has 3 aromatic rings. The highest BCUT2D eigenvalue weighted by molar-refractivity contribution is 6.10. The maximum Gasteiger partial charge on any atom is 0.417 e. The summed E-state index contributed by atoms with van der Waals surface area (Å²) in [5, 5.41) is 5.97. The molecule has 1 aromatic heterocycles. The number of imide groups is 1. The van der Waals surface area contributed by atoms with Crippen LogP contribution in [-0.4, -0.2) is 39.9 Å². The second-order valence-corrected chi connectivity index (χ2v) is 11.0. The molecule has 4 rings (SSSR count). The number of anilines is 2. The Morgan fingerprint density at radius 3 is 2.20 bits per heavy atom. The molecule has 8 nitrogen and oxygen atoms in total. The first-order chi connectivity index (χ1) is 18.7. The molecule has 0 unspecified atom stereocenters. The predicted molar refractivity (Wildman–Crippen MR) is 147 cm³/mol.